The number of nitrogens with one attached hydrogen (secondary N) is 1. The van der Waals surface area contributed by atoms with Crippen LogP contribution in [0.5, 0.6) is 11.6 Å². The molecule has 1 aliphatic heterocycles. The number of ether oxygens (including phenoxy) is 2. The van der Waals surface area contributed by atoms with Gasteiger partial charge in [0.1, 0.15) is 37.2 Å². The monoisotopic (exact) mass is 480 g/mol. The fourth-order valence-electron chi connectivity index (χ4n) is 4.10. The highest BCUT2D eigenvalue weighted by Crippen LogP contribution is 2.30. The lowest BCUT2D eigenvalue weighted by molar-refractivity contribution is 0.275. The van der Waals surface area contributed by atoms with Crippen LogP contribution in [0.2, 0.25) is 0 Å². The van der Waals surface area contributed by atoms with Crippen molar-refractivity contribution >= 4 is 34.0 Å². The smallest absolute Gasteiger partial charge is 0.224 e. The first-order chi connectivity index (χ1) is 17.4. The first-order valence-electron chi connectivity index (χ1n) is 11.6. The molecule has 1 N–H and O–H groups in total. The van der Waals surface area contributed by atoms with Crippen molar-refractivity contribution in [1.29, 1.82) is 0 Å². The maximum Gasteiger partial charge on any atom is 0.224 e. The third-order valence-electron chi connectivity index (χ3n) is 5.87. The molecule has 0 unspecified atom stereocenters. The summed E-state index contributed by atoms with van der Waals surface area (Å²) in [5, 5.41) is 8.41. The maximum atomic E-state index is 5.99. The summed E-state index contributed by atoms with van der Waals surface area (Å²) in [5.74, 6) is 2.64. The molecule has 0 aliphatic carbocycles. The predicted octanol–water partition coefficient (Wildman–Crippen LogP) is 4.66. The van der Waals surface area contributed by atoms with Gasteiger partial charge in [0.2, 0.25) is 5.88 Å². The van der Waals surface area contributed by atoms with E-state index >= 15 is 0 Å². The Morgan fingerprint density at radius 3 is 2.78 bits per heavy atom. The molecule has 4 heterocycles. The number of hydrogen-bond donors (Lipinski definition) is 1. The van der Waals surface area contributed by atoms with Gasteiger partial charge in [0.05, 0.1) is 11.1 Å². The Kier molecular flexibility index (Phi) is 5.21. The molecule has 0 radical (unpaired) electrons. The van der Waals surface area contributed by atoms with E-state index in [1.807, 2.05) is 31.2 Å². The SMILES string of the molecule is Cc1cc(Nc2ncnc3ccc(CC4=NC(C)(C)CO4)cc23)ccc1Oc1cc2ncnn2cn1. The van der Waals surface area contributed by atoms with E-state index in [0.717, 1.165) is 39.4 Å². The van der Waals surface area contributed by atoms with Crippen molar-refractivity contribution in [2.24, 2.45) is 4.99 Å². The molecule has 180 valence electrons. The standard InChI is InChI=1S/C26H24N8O2/c1-16-8-18(5-7-21(16)36-23-11-22-28-14-31-34(22)15-30-23)32-25-19-9-17(4-6-20(19)27-13-29-25)10-24-33-26(2,3)12-35-24/h4-9,11,13-15H,10,12H2,1-3H3,(H,27,29,32). The number of nitrogens with zero attached hydrogens (tertiary/aromatic N) is 7. The molecule has 3 aromatic heterocycles. The molecule has 5 aromatic rings. The molecule has 0 amide bonds. The number of aryl methyl sites for hydroxylation is 1. The third-order valence-corrected chi connectivity index (χ3v) is 5.87. The van der Waals surface area contributed by atoms with Crippen LogP contribution in [-0.2, 0) is 11.2 Å². The molecular weight excluding hydrogens is 456 g/mol. The van der Waals surface area contributed by atoms with Gasteiger partial charge in [-0.3, -0.25) is 0 Å². The number of aliphatic imine (C=N–C) groups is 1. The van der Waals surface area contributed by atoms with Gasteiger partial charge in [-0.2, -0.15) is 5.10 Å². The highest BCUT2D eigenvalue weighted by Gasteiger charge is 2.26. The van der Waals surface area contributed by atoms with E-state index in [1.165, 1.54) is 6.33 Å². The number of rotatable bonds is 6. The molecule has 0 spiro atoms. The van der Waals surface area contributed by atoms with Gasteiger partial charge in [-0.15, -0.1) is 0 Å². The lowest BCUT2D eigenvalue weighted by Gasteiger charge is -2.12. The van der Waals surface area contributed by atoms with E-state index in [0.29, 0.717) is 30.3 Å². The Labute approximate surface area is 207 Å². The predicted molar refractivity (Wildman–Crippen MR) is 136 cm³/mol. The average molecular weight is 481 g/mol. The first-order valence-corrected chi connectivity index (χ1v) is 11.6. The summed E-state index contributed by atoms with van der Waals surface area (Å²) in [7, 11) is 0. The van der Waals surface area contributed by atoms with E-state index < -0.39 is 0 Å². The molecule has 10 heteroatoms. The molecule has 2 aromatic carbocycles. The second kappa shape index (κ2) is 8.56. The molecule has 0 saturated carbocycles. The highest BCUT2D eigenvalue weighted by atomic mass is 16.5. The summed E-state index contributed by atoms with van der Waals surface area (Å²) in [6.07, 6.45) is 5.24. The van der Waals surface area contributed by atoms with E-state index in [1.54, 1.807) is 23.2 Å². The van der Waals surface area contributed by atoms with E-state index in [-0.39, 0.29) is 5.54 Å². The van der Waals surface area contributed by atoms with Crippen molar-refractivity contribution in [3.63, 3.8) is 0 Å². The number of anilines is 2. The summed E-state index contributed by atoms with van der Waals surface area (Å²) >= 11 is 0. The number of hydrogen-bond acceptors (Lipinski definition) is 9. The van der Waals surface area contributed by atoms with Crippen LogP contribution in [0.25, 0.3) is 16.6 Å². The zero-order valence-electron chi connectivity index (χ0n) is 20.1. The van der Waals surface area contributed by atoms with Crippen molar-refractivity contribution in [2.75, 3.05) is 11.9 Å². The van der Waals surface area contributed by atoms with Gasteiger partial charge in [-0.25, -0.2) is 29.4 Å². The number of fused-ring (bicyclic) bond motifs is 2. The van der Waals surface area contributed by atoms with Crippen LogP contribution >= 0.6 is 0 Å². The second-order valence-electron chi connectivity index (χ2n) is 9.35. The van der Waals surface area contributed by atoms with E-state index in [9.17, 15) is 0 Å². The minimum atomic E-state index is -0.172. The van der Waals surface area contributed by atoms with Crippen LogP contribution in [0, 0.1) is 6.92 Å². The molecule has 1 aliphatic rings. The van der Waals surface area contributed by atoms with E-state index in [4.69, 9.17) is 9.47 Å². The van der Waals surface area contributed by atoms with Gasteiger partial charge in [0, 0.05) is 23.6 Å². The molecule has 10 nitrogen and oxygen atoms in total. The minimum absolute atomic E-state index is 0.172. The maximum absolute atomic E-state index is 5.99. The third kappa shape index (κ3) is 4.40. The van der Waals surface area contributed by atoms with Gasteiger partial charge in [0.25, 0.3) is 0 Å². The zero-order valence-corrected chi connectivity index (χ0v) is 20.1. The van der Waals surface area contributed by atoms with Gasteiger partial charge in [-0.1, -0.05) is 6.07 Å². The molecular formula is C26H24N8O2. The topological polar surface area (TPSA) is 112 Å². The van der Waals surface area contributed by atoms with Gasteiger partial charge in [0.15, 0.2) is 11.5 Å². The summed E-state index contributed by atoms with van der Waals surface area (Å²) in [4.78, 5) is 22.0. The number of benzene rings is 2. The molecule has 6 rings (SSSR count). The van der Waals surface area contributed by atoms with Gasteiger partial charge >= 0.3 is 0 Å². The zero-order chi connectivity index (χ0) is 24.7. The normalized spacial score (nSPS) is 14.6. The highest BCUT2D eigenvalue weighted by molar-refractivity contribution is 5.92. The fraction of sp³-hybridized carbons (Fsp3) is 0.231. The van der Waals surface area contributed by atoms with Crippen molar-refractivity contribution in [3.05, 3.63) is 72.6 Å². The molecule has 0 bridgehead atoms. The number of aromatic nitrogens is 6. The Hall–Kier alpha value is -4.60. The molecule has 0 saturated heterocycles. The van der Waals surface area contributed by atoms with Crippen molar-refractivity contribution in [2.45, 2.75) is 32.7 Å². The van der Waals surface area contributed by atoms with Crippen LogP contribution in [0.1, 0.15) is 25.0 Å². The Morgan fingerprint density at radius 2 is 1.94 bits per heavy atom. The lowest BCUT2D eigenvalue weighted by atomic mass is 10.1. The van der Waals surface area contributed by atoms with Crippen LogP contribution in [-0.4, -0.2) is 47.6 Å². The average Bonchev–Trinajstić information content (AvgIpc) is 3.46. The fourth-order valence-corrected chi connectivity index (χ4v) is 4.10. The lowest BCUT2D eigenvalue weighted by Crippen LogP contribution is -2.17. The van der Waals surface area contributed by atoms with Gasteiger partial charge < -0.3 is 14.8 Å². The summed E-state index contributed by atoms with van der Waals surface area (Å²) < 4.78 is 13.3. The van der Waals surface area contributed by atoms with E-state index in [2.05, 4.69) is 61.3 Å². The second-order valence-corrected chi connectivity index (χ2v) is 9.35. The summed E-state index contributed by atoms with van der Waals surface area (Å²) in [6.45, 7) is 6.73. The Balaban J connectivity index is 1.23. The van der Waals surface area contributed by atoms with Crippen LogP contribution in [0.4, 0.5) is 11.5 Å². The summed E-state index contributed by atoms with van der Waals surface area (Å²) in [5.41, 5.74) is 4.28. The van der Waals surface area contributed by atoms with Crippen LogP contribution in [0.15, 0.2) is 66.4 Å². The van der Waals surface area contributed by atoms with Crippen molar-refractivity contribution in [1.82, 2.24) is 29.5 Å². The Bertz CT molecular complexity index is 1630. The van der Waals surface area contributed by atoms with Crippen molar-refractivity contribution < 1.29 is 9.47 Å². The quantitative estimate of drug-likeness (QED) is 0.373. The molecule has 0 atom stereocenters. The molecule has 0 fully saturated rings. The molecule has 36 heavy (non-hydrogen) atoms. The van der Waals surface area contributed by atoms with Crippen LogP contribution < -0.4 is 10.1 Å². The van der Waals surface area contributed by atoms with Crippen LogP contribution in [0.3, 0.4) is 0 Å². The van der Waals surface area contributed by atoms with Gasteiger partial charge in [-0.05, 0) is 62.2 Å². The summed E-state index contributed by atoms with van der Waals surface area (Å²) in [6, 6.07) is 13.7. The Morgan fingerprint density at radius 1 is 1.03 bits per heavy atom. The minimum Gasteiger partial charge on any atom is -0.478 e. The largest absolute Gasteiger partial charge is 0.478 e. The first kappa shape index (κ1) is 21.9. The van der Waals surface area contributed by atoms with Crippen molar-refractivity contribution in [3.8, 4) is 11.6 Å².